The first-order valence-electron chi connectivity index (χ1n) is 4.81. The first kappa shape index (κ1) is 12.6. The number of furan rings is 1. The molecule has 5 heteroatoms. The number of amides is 1. The lowest BCUT2D eigenvalue weighted by molar-refractivity contribution is 0.0924. The molecule has 0 aliphatic carbocycles. The van der Waals surface area contributed by atoms with Crippen molar-refractivity contribution in [1.82, 2.24) is 5.32 Å². The topological polar surface area (TPSA) is 42.2 Å². The van der Waals surface area contributed by atoms with Crippen LogP contribution in [-0.2, 0) is 0 Å². The number of rotatable bonds is 5. The van der Waals surface area contributed by atoms with Gasteiger partial charge in [0.2, 0.25) is 0 Å². The summed E-state index contributed by atoms with van der Waals surface area (Å²) in [6.45, 7) is 2.52. The molecule has 1 amide bonds. The number of nitrogens with one attached hydrogen (secondary N) is 1. The van der Waals surface area contributed by atoms with Crippen molar-refractivity contribution < 1.29 is 9.21 Å². The molecule has 0 radical (unpaired) electrons. The van der Waals surface area contributed by atoms with Crippen LogP contribution in [0.4, 0.5) is 0 Å². The van der Waals surface area contributed by atoms with Crippen LogP contribution in [-0.4, -0.2) is 17.8 Å². The highest BCUT2D eigenvalue weighted by atomic mass is 79.9. The second-order valence-electron chi connectivity index (χ2n) is 3.20. The smallest absolute Gasteiger partial charge is 0.287 e. The fraction of sp³-hybridized carbons (Fsp3) is 0.500. The summed E-state index contributed by atoms with van der Waals surface area (Å²) in [4.78, 5) is 11.5. The van der Waals surface area contributed by atoms with Crippen molar-refractivity contribution in [2.45, 2.75) is 25.1 Å². The SMILES string of the molecule is CCCC(Cl)CNC(=O)c1ccc(Br)o1. The Morgan fingerprint density at radius 3 is 2.93 bits per heavy atom. The number of halogens is 2. The van der Waals surface area contributed by atoms with Crippen LogP contribution in [0.2, 0.25) is 0 Å². The molecular weight excluding hydrogens is 281 g/mol. The maximum atomic E-state index is 11.5. The lowest BCUT2D eigenvalue weighted by Gasteiger charge is -2.08. The van der Waals surface area contributed by atoms with E-state index in [1.165, 1.54) is 0 Å². The molecule has 84 valence electrons. The number of hydrogen-bond donors (Lipinski definition) is 1. The molecule has 1 heterocycles. The van der Waals surface area contributed by atoms with E-state index >= 15 is 0 Å². The Hall–Kier alpha value is -0.480. The standard InChI is InChI=1S/C10H13BrClNO2/c1-2-3-7(12)6-13-10(14)8-4-5-9(11)15-8/h4-5,7H,2-3,6H2,1H3,(H,13,14). The van der Waals surface area contributed by atoms with Gasteiger partial charge in [-0.25, -0.2) is 0 Å². The van der Waals surface area contributed by atoms with E-state index in [9.17, 15) is 4.79 Å². The van der Waals surface area contributed by atoms with Gasteiger partial charge < -0.3 is 9.73 Å². The Bertz CT molecular complexity index is 327. The third-order valence-electron chi connectivity index (χ3n) is 1.88. The van der Waals surface area contributed by atoms with Crippen LogP contribution in [0.3, 0.4) is 0 Å². The highest BCUT2D eigenvalue weighted by molar-refractivity contribution is 9.10. The first-order valence-corrected chi connectivity index (χ1v) is 6.04. The van der Waals surface area contributed by atoms with Crippen LogP contribution in [0.1, 0.15) is 30.3 Å². The van der Waals surface area contributed by atoms with E-state index in [1.807, 2.05) is 0 Å². The lowest BCUT2D eigenvalue weighted by atomic mass is 10.2. The molecule has 15 heavy (non-hydrogen) atoms. The number of hydrogen-bond acceptors (Lipinski definition) is 2. The average Bonchev–Trinajstić information content (AvgIpc) is 2.62. The molecule has 0 aliphatic heterocycles. The zero-order valence-electron chi connectivity index (χ0n) is 8.43. The van der Waals surface area contributed by atoms with Crippen molar-refractivity contribution in [3.05, 3.63) is 22.6 Å². The van der Waals surface area contributed by atoms with E-state index in [1.54, 1.807) is 12.1 Å². The number of carbonyl (C=O) groups is 1. The Labute approximate surface area is 102 Å². The Balaban J connectivity index is 2.36. The third-order valence-corrected chi connectivity index (χ3v) is 2.68. The van der Waals surface area contributed by atoms with E-state index in [2.05, 4.69) is 28.2 Å². The van der Waals surface area contributed by atoms with Gasteiger partial charge in [0.05, 0.1) is 5.38 Å². The van der Waals surface area contributed by atoms with Gasteiger partial charge in [-0.1, -0.05) is 13.3 Å². The van der Waals surface area contributed by atoms with Gasteiger partial charge in [-0.05, 0) is 34.5 Å². The number of alkyl halides is 1. The van der Waals surface area contributed by atoms with E-state index in [0.717, 1.165) is 12.8 Å². The van der Waals surface area contributed by atoms with Crippen molar-refractivity contribution in [3.63, 3.8) is 0 Å². The fourth-order valence-electron chi connectivity index (χ4n) is 1.14. The molecule has 0 aliphatic rings. The molecule has 1 atom stereocenters. The summed E-state index contributed by atoms with van der Waals surface area (Å²) < 4.78 is 5.64. The molecule has 1 aromatic rings. The molecular formula is C10H13BrClNO2. The van der Waals surface area contributed by atoms with Gasteiger partial charge in [0, 0.05) is 6.54 Å². The van der Waals surface area contributed by atoms with Crippen LogP contribution < -0.4 is 5.32 Å². The molecule has 1 N–H and O–H groups in total. The van der Waals surface area contributed by atoms with Crippen molar-refractivity contribution in [2.75, 3.05) is 6.54 Å². The van der Waals surface area contributed by atoms with Gasteiger partial charge in [0.25, 0.3) is 5.91 Å². The maximum absolute atomic E-state index is 11.5. The normalized spacial score (nSPS) is 12.5. The second kappa shape index (κ2) is 6.18. The summed E-state index contributed by atoms with van der Waals surface area (Å²) in [6, 6.07) is 3.29. The summed E-state index contributed by atoms with van der Waals surface area (Å²) in [6.07, 6.45) is 1.90. The van der Waals surface area contributed by atoms with Crippen LogP contribution >= 0.6 is 27.5 Å². The van der Waals surface area contributed by atoms with E-state index < -0.39 is 0 Å². The molecule has 1 rings (SSSR count). The molecule has 0 saturated heterocycles. The Morgan fingerprint density at radius 1 is 1.67 bits per heavy atom. The van der Waals surface area contributed by atoms with Gasteiger partial charge in [0.15, 0.2) is 10.4 Å². The maximum Gasteiger partial charge on any atom is 0.287 e. The Morgan fingerprint density at radius 2 is 2.40 bits per heavy atom. The van der Waals surface area contributed by atoms with Gasteiger partial charge in [-0.2, -0.15) is 0 Å². The quantitative estimate of drug-likeness (QED) is 0.848. The van der Waals surface area contributed by atoms with Gasteiger partial charge in [-0.15, -0.1) is 11.6 Å². The predicted molar refractivity (Wildman–Crippen MR) is 63.3 cm³/mol. The van der Waals surface area contributed by atoms with Crippen LogP contribution in [0.15, 0.2) is 21.2 Å². The molecule has 1 aromatic heterocycles. The molecule has 3 nitrogen and oxygen atoms in total. The van der Waals surface area contributed by atoms with Gasteiger partial charge in [0.1, 0.15) is 0 Å². The first-order chi connectivity index (χ1) is 7.13. The van der Waals surface area contributed by atoms with Crippen molar-refractivity contribution in [1.29, 1.82) is 0 Å². The van der Waals surface area contributed by atoms with Gasteiger partial charge >= 0.3 is 0 Å². The zero-order chi connectivity index (χ0) is 11.3. The minimum Gasteiger partial charge on any atom is -0.444 e. The lowest BCUT2D eigenvalue weighted by Crippen LogP contribution is -2.29. The minimum absolute atomic E-state index is 0.0163. The largest absolute Gasteiger partial charge is 0.444 e. The van der Waals surface area contributed by atoms with Crippen molar-refractivity contribution in [2.24, 2.45) is 0 Å². The summed E-state index contributed by atoms with van der Waals surface area (Å²) in [5, 5.41) is 2.70. The molecule has 0 spiro atoms. The van der Waals surface area contributed by atoms with E-state index in [0.29, 0.717) is 17.0 Å². The highest BCUT2D eigenvalue weighted by Crippen LogP contribution is 2.13. The summed E-state index contributed by atoms with van der Waals surface area (Å²) in [7, 11) is 0. The minimum atomic E-state index is -0.234. The highest BCUT2D eigenvalue weighted by Gasteiger charge is 2.11. The van der Waals surface area contributed by atoms with Crippen molar-refractivity contribution in [3.8, 4) is 0 Å². The third kappa shape index (κ3) is 4.26. The molecule has 1 unspecified atom stereocenters. The summed E-state index contributed by atoms with van der Waals surface area (Å²) >= 11 is 9.10. The van der Waals surface area contributed by atoms with Crippen LogP contribution in [0.25, 0.3) is 0 Å². The average molecular weight is 295 g/mol. The van der Waals surface area contributed by atoms with Crippen molar-refractivity contribution >= 4 is 33.4 Å². The molecule has 0 aromatic carbocycles. The number of carbonyl (C=O) groups excluding carboxylic acids is 1. The monoisotopic (exact) mass is 293 g/mol. The van der Waals surface area contributed by atoms with E-state index in [-0.39, 0.29) is 11.3 Å². The molecule has 0 bridgehead atoms. The molecule has 0 fully saturated rings. The van der Waals surface area contributed by atoms with Crippen LogP contribution in [0, 0.1) is 0 Å². The fourth-order valence-corrected chi connectivity index (χ4v) is 1.74. The summed E-state index contributed by atoms with van der Waals surface area (Å²) in [5.41, 5.74) is 0. The predicted octanol–water partition coefficient (Wildman–Crippen LogP) is 3.18. The summed E-state index contributed by atoms with van der Waals surface area (Å²) in [5.74, 6) is 0.0599. The Kier molecular flexibility index (Phi) is 5.19. The van der Waals surface area contributed by atoms with E-state index in [4.69, 9.17) is 16.0 Å². The zero-order valence-corrected chi connectivity index (χ0v) is 10.8. The van der Waals surface area contributed by atoms with Gasteiger partial charge in [-0.3, -0.25) is 4.79 Å². The second-order valence-corrected chi connectivity index (χ2v) is 4.60. The molecule has 0 saturated carbocycles. The van der Waals surface area contributed by atoms with Crippen LogP contribution in [0.5, 0.6) is 0 Å².